The molecule has 0 saturated carbocycles. The SMILES string of the molecule is CC1CC2=C1C(F)=CCC2.[BH]CCCCC(C)(C(=C)C)C(CCC)CCC. The van der Waals surface area contributed by atoms with Gasteiger partial charge in [-0.15, -0.1) is 0 Å². The standard InChI is InChI=1S/C16H32B.C9H11F/c1-6-10-15(11-7-2)16(5,14(3)4)12-8-9-13-17;1-6-5-7-3-2-4-8(10)9(6)7/h15,17H,3,6-13H2,1-2,4-5H3;4,6H,2-3,5H2,1H3. The lowest BCUT2D eigenvalue weighted by molar-refractivity contribution is 0.186. The van der Waals surface area contributed by atoms with Gasteiger partial charge >= 0.3 is 0 Å². The van der Waals surface area contributed by atoms with E-state index in [4.69, 9.17) is 0 Å². The van der Waals surface area contributed by atoms with Crippen molar-refractivity contribution in [3.8, 4) is 0 Å². The second-order valence-corrected chi connectivity index (χ2v) is 9.00. The van der Waals surface area contributed by atoms with Crippen molar-refractivity contribution < 1.29 is 4.39 Å². The maximum absolute atomic E-state index is 12.9. The highest BCUT2D eigenvalue weighted by molar-refractivity contribution is 6.08. The van der Waals surface area contributed by atoms with Crippen molar-refractivity contribution in [1.29, 1.82) is 0 Å². The molecular formula is C25H43BF. The van der Waals surface area contributed by atoms with Crippen molar-refractivity contribution in [3.63, 3.8) is 0 Å². The lowest BCUT2D eigenvalue weighted by Crippen LogP contribution is -2.28. The van der Waals surface area contributed by atoms with Gasteiger partial charge in [-0.3, -0.25) is 0 Å². The monoisotopic (exact) mass is 373 g/mol. The second kappa shape index (κ2) is 11.9. The molecule has 2 aliphatic rings. The Morgan fingerprint density at radius 2 is 1.93 bits per heavy atom. The van der Waals surface area contributed by atoms with Crippen LogP contribution in [-0.4, -0.2) is 7.85 Å². The first-order valence-corrected chi connectivity index (χ1v) is 11.3. The molecule has 2 atom stereocenters. The van der Waals surface area contributed by atoms with Gasteiger partial charge in [-0.1, -0.05) is 77.4 Å². The minimum absolute atomic E-state index is 0.0556. The molecule has 153 valence electrons. The van der Waals surface area contributed by atoms with Crippen molar-refractivity contribution in [2.24, 2.45) is 17.3 Å². The first-order chi connectivity index (χ1) is 12.8. The highest BCUT2D eigenvalue weighted by atomic mass is 19.1. The van der Waals surface area contributed by atoms with Crippen LogP contribution in [0.15, 0.2) is 35.2 Å². The molecular weight excluding hydrogens is 330 g/mol. The summed E-state index contributed by atoms with van der Waals surface area (Å²) in [5, 5.41) is 0. The van der Waals surface area contributed by atoms with Crippen LogP contribution in [0.4, 0.5) is 4.39 Å². The molecule has 0 saturated heterocycles. The van der Waals surface area contributed by atoms with E-state index in [0.29, 0.717) is 11.3 Å². The Hall–Kier alpha value is -0.785. The number of allylic oxidation sites excluding steroid dienone is 5. The van der Waals surface area contributed by atoms with Crippen molar-refractivity contribution in [1.82, 2.24) is 0 Å². The fourth-order valence-electron chi connectivity index (χ4n) is 4.84. The third kappa shape index (κ3) is 6.65. The predicted molar refractivity (Wildman–Crippen MR) is 121 cm³/mol. The quantitative estimate of drug-likeness (QED) is 0.205. The highest BCUT2D eigenvalue weighted by Crippen LogP contribution is 2.45. The summed E-state index contributed by atoms with van der Waals surface area (Å²) < 4.78 is 12.9. The normalized spacial score (nSPS) is 20.9. The van der Waals surface area contributed by atoms with E-state index in [1.165, 1.54) is 56.1 Å². The third-order valence-corrected chi connectivity index (χ3v) is 6.80. The molecule has 0 aromatic heterocycles. The summed E-state index contributed by atoms with van der Waals surface area (Å²) in [4.78, 5) is 0. The van der Waals surface area contributed by atoms with Crippen LogP contribution < -0.4 is 0 Å². The van der Waals surface area contributed by atoms with Crippen molar-refractivity contribution in [2.45, 2.75) is 105 Å². The van der Waals surface area contributed by atoms with Crippen molar-refractivity contribution in [3.05, 3.63) is 35.2 Å². The van der Waals surface area contributed by atoms with Crippen LogP contribution >= 0.6 is 0 Å². The van der Waals surface area contributed by atoms with Gasteiger partial charge in [0.1, 0.15) is 5.83 Å². The molecule has 0 spiro atoms. The van der Waals surface area contributed by atoms with Gasteiger partial charge < -0.3 is 0 Å². The van der Waals surface area contributed by atoms with E-state index in [-0.39, 0.29) is 5.83 Å². The minimum atomic E-state index is 0.0556. The zero-order valence-corrected chi connectivity index (χ0v) is 18.8. The summed E-state index contributed by atoms with van der Waals surface area (Å²) in [7, 11) is 3.95. The highest BCUT2D eigenvalue weighted by Gasteiger charge is 2.33. The topological polar surface area (TPSA) is 0 Å². The molecule has 0 N–H and O–H groups in total. The average Bonchev–Trinajstić information content (AvgIpc) is 2.60. The fraction of sp³-hybridized carbons (Fsp3) is 0.760. The zero-order chi connectivity index (χ0) is 20.4. The Morgan fingerprint density at radius 3 is 2.33 bits per heavy atom. The lowest BCUT2D eigenvalue weighted by atomic mass is 9.66. The van der Waals surface area contributed by atoms with Gasteiger partial charge in [0.2, 0.25) is 0 Å². The molecule has 2 aliphatic carbocycles. The summed E-state index contributed by atoms with van der Waals surface area (Å²) in [5.74, 6) is 1.37. The Bertz CT molecular complexity index is 524. The number of hydrogen-bond donors (Lipinski definition) is 0. The smallest absolute Gasteiger partial charge is 0.122 e. The summed E-state index contributed by atoms with van der Waals surface area (Å²) in [6.45, 7) is 15.6. The molecule has 0 fully saturated rings. The number of hydrogen-bond acceptors (Lipinski definition) is 0. The molecule has 0 aliphatic heterocycles. The van der Waals surface area contributed by atoms with E-state index in [1.807, 2.05) is 0 Å². The van der Waals surface area contributed by atoms with E-state index in [1.54, 1.807) is 6.08 Å². The van der Waals surface area contributed by atoms with Gasteiger partial charge in [-0.2, -0.15) is 0 Å². The van der Waals surface area contributed by atoms with Gasteiger partial charge in [-0.25, -0.2) is 4.39 Å². The predicted octanol–water partition coefficient (Wildman–Crippen LogP) is 8.24. The maximum atomic E-state index is 12.9. The van der Waals surface area contributed by atoms with Gasteiger partial charge in [-0.05, 0) is 74.3 Å². The Labute approximate surface area is 170 Å². The zero-order valence-electron chi connectivity index (χ0n) is 18.8. The third-order valence-electron chi connectivity index (χ3n) is 6.80. The molecule has 0 aromatic rings. The van der Waals surface area contributed by atoms with E-state index in [9.17, 15) is 4.39 Å². The van der Waals surface area contributed by atoms with Crippen LogP contribution in [0.3, 0.4) is 0 Å². The molecule has 2 rings (SSSR count). The van der Waals surface area contributed by atoms with Crippen LogP contribution in [-0.2, 0) is 0 Å². The van der Waals surface area contributed by atoms with Gasteiger partial charge in [0.15, 0.2) is 0 Å². The fourth-order valence-corrected chi connectivity index (χ4v) is 4.84. The van der Waals surface area contributed by atoms with Crippen LogP contribution in [0.25, 0.3) is 0 Å². The van der Waals surface area contributed by atoms with Gasteiger partial charge in [0, 0.05) is 0 Å². The molecule has 0 amide bonds. The summed E-state index contributed by atoms with van der Waals surface area (Å²) >= 11 is 0. The van der Waals surface area contributed by atoms with E-state index in [2.05, 4.69) is 49.0 Å². The minimum Gasteiger partial charge on any atom is -0.207 e. The molecule has 0 aromatic carbocycles. The second-order valence-electron chi connectivity index (χ2n) is 9.00. The van der Waals surface area contributed by atoms with Crippen LogP contribution in [0.5, 0.6) is 0 Å². The van der Waals surface area contributed by atoms with Gasteiger partial charge in [0.05, 0.1) is 7.85 Å². The molecule has 0 bridgehead atoms. The summed E-state index contributed by atoms with van der Waals surface area (Å²) in [6, 6.07) is 0. The van der Waals surface area contributed by atoms with Crippen LogP contribution in [0.1, 0.15) is 98.8 Å². The first kappa shape index (κ1) is 24.3. The van der Waals surface area contributed by atoms with E-state index < -0.39 is 0 Å². The Kier molecular flexibility index (Phi) is 10.7. The van der Waals surface area contributed by atoms with Crippen molar-refractivity contribution >= 4 is 7.85 Å². The first-order valence-electron chi connectivity index (χ1n) is 11.3. The molecule has 0 heterocycles. The molecule has 27 heavy (non-hydrogen) atoms. The number of rotatable bonds is 10. The molecule has 1 radical (unpaired) electrons. The number of unbranched alkanes of at least 4 members (excludes halogenated alkanes) is 1. The summed E-state index contributed by atoms with van der Waals surface area (Å²) in [6.07, 6.45) is 15.1. The lowest BCUT2D eigenvalue weighted by Gasteiger charge is -2.39. The largest absolute Gasteiger partial charge is 0.207 e. The van der Waals surface area contributed by atoms with Gasteiger partial charge in [0.25, 0.3) is 0 Å². The summed E-state index contributed by atoms with van der Waals surface area (Å²) in [5.41, 5.74) is 4.12. The Balaban J connectivity index is 0.000000303. The number of halogens is 1. The van der Waals surface area contributed by atoms with E-state index in [0.717, 1.165) is 37.1 Å². The molecule has 0 nitrogen and oxygen atoms in total. The molecule has 2 unspecified atom stereocenters. The van der Waals surface area contributed by atoms with Crippen LogP contribution in [0, 0.1) is 17.3 Å². The Morgan fingerprint density at radius 1 is 1.30 bits per heavy atom. The average molecular weight is 373 g/mol. The van der Waals surface area contributed by atoms with E-state index >= 15 is 0 Å². The van der Waals surface area contributed by atoms with Crippen molar-refractivity contribution in [2.75, 3.05) is 0 Å². The maximum Gasteiger partial charge on any atom is 0.122 e. The molecule has 2 heteroatoms. The van der Waals surface area contributed by atoms with Crippen LogP contribution in [0.2, 0.25) is 6.32 Å².